The smallest absolute Gasteiger partial charge is 0.344 e. The lowest BCUT2D eigenvalue weighted by molar-refractivity contribution is -0.128. The zero-order chi connectivity index (χ0) is 20.4. The number of para-hydroxylation sites is 1. The molecule has 4 rings (SSSR count). The van der Waals surface area contributed by atoms with Crippen molar-refractivity contribution in [3.8, 4) is 11.1 Å². The highest BCUT2D eigenvalue weighted by atomic mass is 16.4. The molecule has 0 bridgehead atoms. The molecule has 0 atom stereocenters. The third kappa shape index (κ3) is 3.92. The van der Waals surface area contributed by atoms with Crippen LogP contribution in [0.4, 0.5) is 0 Å². The maximum atomic E-state index is 13.0. The fourth-order valence-electron chi connectivity index (χ4n) is 3.70. The molecule has 0 saturated carbocycles. The number of fused-ring (bicyclic) bond motifs is 1. The van der Waals surface area contributed by atoms with Crippen LogP contribution in [0.1, 0.15) is 23.7 Å². The standard InChI is InChI=1S/C23H22N2O4/c1-16(26)24-10-5-11-25(13-12-24)22(27)19-8-4-7-17(14-19)20-15-18-6-2-3-9-21(18)29-23(20)28/h2-4,6-9,14-15H,5,10-13H2,1H3. The number of benzene rings is 2. The molecule has 6 heteroatoms. The van der Waals surface area contributed by atoms with Crippen LogP contribution in [0, 0.1) is 0 Å². The molecule has 0 N–H and O–H groups in total. The first-order chi connectivity index (χ1) is 14.0. The summed E-state index contributed by atoms with van der Waals surface area (Å²) in [6.45, 7) is 3.86. The molecule has 1 fully saturated rings. The monoisotopic (exact) mass is 390 g/mol. The van der Waals surface area contributed by atoms with Crippen molar-refractivity contribution in [2.45, 2.75) is 13.3 Å². The van der Waals surface area contributed by atoms with E-state index in [1.807, 2.05) is 18.2 Å². The molecule has 2 amide bonds. The average molecular weight is 390 g/mol. The molecule has 1 aliphatic heterocycles. The van der Waals surface area contributed by atoms with Crippen LogP contribution in [-0.4, -0.2) is 47.8 Å². The van der Waals surface area contributed by atoms with E-state index < -0.39 is 5.63 Å². The van der Waals surface area contributed by atoms with Crippen LogP contribution in [-0.2, 0) is 4.79 Å². The van der Waals surface area contributed by atoms with Crippen LogP contribution in [0.2, 0.25) is 0 Å². The summed E-state index contributed by atoms with van der Waals surface area (Å²) in [5.41, 5.74) is 1.70. The SMILES string of the molecule is CC(=O)N1CCCN(C(=O)c2cccc(-c3cc4ccccc4oc3=O)c2)CC1. The van der Waals surface area contributed by atoms with Gasteiger partial charge in [0.05, 0.1) is 5.56 Å². The molecule has 0 unspecified atom stereocenters. The van der Waals surface area contributed by atoms with Gasteiger partial charge in [0.1, 0.15) is 5.58 Å². The van der Waals surface area contributed by atoms with Gasteiger partial charge in [-0.2, -0.15) is 0 Å². The Morgan fingerprint density at radius 3 is 2.48 bits per heavy atom. The molecule has 148 valence electrons. The molecular weight excluding hydrogens is 368 g/mol. The Morgan fingerprint density at radius 1 is 0.897 bits per heavy atom. The van der Waals surface area contributed by atoms with Crippen molar-refractivity contribution in [3.05, 3.63) is 70.6 Å². The van der Waals surface area contributed by atoms with Crippen molar-refractivity contribution in [1.29, 1.82) is 0 Å². The minimum Gasteiger partial charge on any atom is -0.422 e. The Kier molecular flexibility index (Phi) is 5.16. The lowest BCUT2D eigenvalue weighted by atomic mass is 10.0. The zero-order valence-corrected chi connectivity index (χ0v) is 16.3. The van der Waals surface area contributed by atoms with Gasteiger partial charge in [0, 0.05) is 44.1 Å². The lowest BCUT2D eigenvalue weighted by Crippen LogP contribution is -2.36. The van der Waals surface area contributed by atoms with E-state index in [1.54, 1.807) is 53.1 Å². The number of rotatable bonds is 2. The molecule has 0 spiro atoms. The van der Waals surface area contributed by atoms with Gasteiger partial charge < -0.3 is 14.2 Å². The summed E-state index contributed by atoms with van der Waals surface area (Å²) in [5.74, 6) is -0.0632. The maximum absolute atomic E-state index is 13.0. The second-order valence-electron chi connectivity index (χ2n) is 7.22. The van der Waals surface area contributed by atoms with Gasteiger partial charge in [-0.15, -0.1) is 0 Å². The number of hydrogen-bond donors (Lipinski definition) is 0. The Bertz CT molecular complexity index is 1130. The minimum absolute atomic E-state index is 0.0318. The topological polar surface area (TPSA) is 70.8 Å². The van der Waals surface area contributed by atoms with E-state index in [9.17, 15) is 14.4 Å². The number of amides is 2. The normalized spacial score (nSPS) is 14.7. The van der Waals surface area contributed by atoms with Crippen molar-refractivity contribution in [2.24, 2.45) is 0 Å². The molecule has 29 heavy (non-hydrogen) atoms. The predicted molar refractivity (Wildman–Crippen MR) is 111 cm³/mol. The van der Waals surface area contributed by atoms with Crippen molar-refractivity contribution < 1.29 is 14.0 Å². The summed E-state index contributed by atoms with van der Waals surface area (Å²) in [4.78, 5) is 40.6. The van der Waals surface area contributed by atoms with Gasteiger partial charge in [0.25, 0.3) is 5.91 Å². The van der Waals surface area contributed by atoms with E-state index in [2.05, 4.69) is 0 Å². The van der Waals surface area contributed by atoms with E-state index in [0.29, 0.717) is 48.5 Å². The third-order valence-corrected chi connectivity index (χ3v) is 5.29. The van der Waals surface area contributed by atoms with Crippen LogP contribution in [0.15, 0.2) is 63.8 Å². The summed E-state index contributed by atoms with van der Waals surface area (Å²) < 4.78 is 5.43. The number of nitrogens with zero attached hydrogens (tertiary/aromatic N) is 2. The van der Waals surface area contributed by atoms with Crippen LogP contribution in [0.5, 0.6) is 0 Å². The highest BCUT2D eigenvalue weighted by Crippen LogP contribution is 2.22. The van der Waals surface area contributed by atoms with Gasteiger partial charge >= 0.3 is 5.63 Å². The molecule has 6 nitrogen and oxygen atoms in total. The van der Waals surface area contributed by atoms with Gasteiger partial charge in [0.2, 0.25) is 5.91 Å². The van der Waals surface area contributed by atoms with Crippen molar-refractivity contribution >= 4 is 22.8 Å². The molecule has 0 radical (unpaired) electrons. The Hall–Kier alpha value is -3.41. The molecule has 1 aromatic heterocycles. The molecule has 3 aromatic rings. The lowest BCUT2D eigenvalue weighted by Gasteiger charge is -2.21. The van der Waals surface area contributed by atoms with Crippen molar-refractivity contribution in [1.82, 2.24) is 9.80 Å². The van der Waals surface area contributed by atoms with Gasteiger partial charge in [-0.3, -0.25) is 9.59 Å². The Balaban J connectivity index is 1.62. The quantitative estimate of drug-likeness (QED) is 0.630. The van der Waals surface area contributed by atoms with Gasteiger partial charge in [-0.1, -0.05) is 30.3 Å². The van der Waals surface area contributed by atoms with Gasteiger partial charge in [-0.05, 0) is 36.2 Å². The van der Waals surface area contributed by atoms with Crippen molar-refractivity contribution in [2.75, 3.05) is 26.2 Å². The fourth-order valence-corrected chi connectivity index (χ4v) is 3.70. The summed E-state index contributed by atoms with van der Waals surface area (Å²) >= 11 is 0. The van der Waals surface area contributed by atoms with Crippen molar-refractivity contribution in [3.63, 3.8) is 0 Å². The molecule has 2 aromatic carbocycles. The summed E-state index contributed by atoms with van der Waals surface area (Å²) in [5, 5.41) is 0.829. The molecular formula is C23H22N2O4. The number of hydrogen-bond acceptors (Lipinski definition) is 4. The molecule has 0 aliphatic carbocycles. The first-order valence-electron chi connectivity index (χ1n) is 9.71. The zero-order valence-electron chi connectivity index (χ0n) is 16.3. The van der Waals surface area contributed by atoms with E-state index >= 15 is 0 Å². The average Bonchev–Trinajstić information content (AvgIpc) is 2.99. The molecule has 1 aliphatic rings. The summed E-state index contributed by atoms with van der Waals surface area (Å²) in [6, 6.07) is 16.2. The third-order valence-electron chi connectivity index (χ3n) is 5.29. The molecule has 1 saturated heterocycles. The maximum Gasteiger partial charge on any atom is 0.344 e. The first-order valence-corrected chi connectivity index (χ1v) is 9.71. The summed E-state index contributed by atoms with van der Waals surface area (Å²) in [7, 11) is 0. The van der Waals surface area contributed by atoms with Gasteiger partial charge in [-0.25, -0.2) is 4.79 Å². The second-order valence-corrected chi connectivity index (χ2v) is 7.22. The largest absolute Gasteiger partial charge is 0.422 e. The predicted octanol–water partition coefficient (Wildman–Crippen LogP) is 3.15. The van der Waals surface area contributed by atoms with Crippen LogP contribution in [0.25, 0.3) is 22.1 Å². The highest BCUT2D eigenvalue weighted by molar-refractivity contribution is 5.95. The van der Waals surface area contributed by atoms with Crippen LogP contribution >= 0.6 is 0 Å². The van der Waals surface area contributed by atoms with Crippen LogP contribution in [0.3, 0.4) is 0 Å². The van der Waals surface area contributed by atoms with Crippen LogP contribution < -0.4 is 5.63 Å². The highest BCUT2D eigenvalue weighted by Gasteiger charge is 2.22. The van der Waals surface area contributed by atoms with E-state index in [-0.39, 0.29) is 11.8 Å². The summed E-state index contributed by atoms with van der Waals surface area (Å²) in [6.07, 6.45) is 0.749. The van der Waals surface area contributed by atoms with Gasteiger partial charge in [0.15, 0.2) is 0 Å². The fraction of sp³-hybridized carbons (Fsp3) is 0.261. The molecule has 2 heterocycles. The number of carbonyl (C=O) groups excluding carboxylic acids is 2. The number of carbonyl (C=O) groups is 2. The van der Waals surface area contributed by atoms with E-state index in [4.69, 9.17) is 4.42 Å². The minimum atomic E-state index is -0.430. The first kappa shape index (κ1) is 18.9. The van der Waals surface area contributed by atoms with E-state index in [0.717, 1.165) is 11.8 Å². The Morgan fingerprint density at radius 2 is 1.66 bits per heavy atom. The second kappa shape index (κ2) is 7.91. The van der Waals surface area contributed by atoms with E-state index in [1.165, 1.54) is 0 Å². The Labute approximate surface area is 168 Å².